The van der Waals surface area contributed by atoms with E-state index < -0.39 is 12.1 Å². The maximum absolute atomic E-state index is 10.8. The number of ether oxygens (including phenoxy) is 1. The largest absolute Gasteiger partial charge is 0.488 e. The van der Waals surface area contributed by atoms with Crippen molar-refractivity contribution in [1.82, 2.24) is 10.3 Å². The van der Waals surface area contributed by atoms with E-state index >= 15 is 0 Å². The molecule has 3 rings (SSSR count). The van der Waals surface area contributed by atoms with E-state index in [2.05, 4.69) is 48.4 Å². The summed E-state index contributed by atoms with van der Waals surface area (Å²) < 4.78 is 5.66. The minimum atomic E-state index is -0.901. The summed E-state index contributed by atoms with van der Waals surface area (Å²) in [5.41, 5.74) is 3.53. The van der Waals surface area contributed by atoms with E-state index in [0.29, 0.717) is 24.4 Å². The lowest BCUT2D eigenvalue weighted by molar-refractivity contribution is -0.136. The average molecular weight is 438 g/mol. The highest BCUT2D eigenvalue weighted by atomic mass is 16.5. The van der Waals surface area contributed by atoms with Gasteiger partial charge < -0.3 is 20.3 Å². The Kier molecular flexibility index (Phi) is 7.84. The van der Waals surface area contributed by atoms with Gasteiger partial charge in [-0.25, -0.2) is 4.98 Å². The zero-order chi connectivity index (χ0) is 23.1. The van der Waals surface area contributed by atoms with Gasteiger partial charge in [0.25, 0.3) is 0 Å². The molecule has 1 aromatic heterocycles. The van der Waals surface area contributed by atoms with Gasteiger partial charge in [0.15, 0.2) is 11.4 Å². The number of carboxylic acid groups (broad SMARTS) is 1. The zero-order valence-electron chi connectivity index (χ0n) is 18.7. The van der Waals surface area contributed by atoms with Crippen molar-refractivity contribution in [3.63, 3.8) is 0 Å². The van der Waals surface area contributed by atoms with Crippen LogP contribution in [0.25, 0.3) is 0 Å². The number of aliphatic hydroxyl groups excluding tert-OH is 1. The summed E-state index contributed by atoms with van der Waals surface area (Å²) in [7, 11) is 0. The number of carbonyl (C=O) groups is 1. The number of nitrogens with zero attached hydrogens (tertiary/aromatic N) is 2. The Labute approximate surface area is 189 Å². The normalized spacial score (nSPS) is 14.6. The first-order valence-corrected chi connectivity index (χ1v) is 11.0. The van der Waals surface area contributed by atoms with E-state index in [-0.39, 0.29) is 30.0 Å². The number of hydrogen-bond acceptors (Lipinski definition) is 6. The van der Waals surface area contributed by atoms with Gasteiger partial charge in [0.05, 0.1) is 0 Å². The standard InChI is InChI=1S/C25H31N3O4/c1-25(2,12-18-9-19-5-3-4-6-20(19)10-18)28-15-21(29)16-32-23-11-17(7-8-24(30)31)14-27-22(23)13-26/h3-6,11,14,18,21,28-29H,7-10,12,15-16H2,1-2H3,(H,30,31)/t21-/m0/s1. The molecule has 0 spiro atoms. The molecule has 3 N–H and O–H groups in total. The molecule has 2 aromatic rings. The van der Waals surface area contributed by atoms with E-state index in [1.54, 1.807) is 6.07 Å². The topological polar surface area (TPSA) is 115 Å². The summed E-state index contributed by atoms with van der Waals surface area (Å²) in [5, 5.41) is 31.9. The van der Waals surface area contributed by atoms with Crippen molar-refractivity contribution < 1.29 is 19.7 Å². The molecule has 170 valence electrons. The summed E-state index contributed by atoms with van der Waals surface area (Å²) in [6, 6.07) is 12.2. The van der Waals surface area contributed by atoms with Crippen LogP contribution < -0.4 is 10.1 Å². The van der Waals surface area contributed by atoms with Crippen LogP contribution in [0.3, 0.4) is 0 Å². The molecule has 0 fully saturated rings. The van der Waals surface area contributed by atoms with Crippen LogP contribution in [0.1, 0.15) is 49.1 Å². The molecule has 1 atom stereocenters. The average Bonchev–Trinajstić information content (AvgIpc) is 3.16. The van der Waals surface area contributed by atoms with E-state index in [9.17, 15) is 15.2 Å². The van der Waals surface area contributed by atoms with Gasteiger partial charge >= 0.3 is 5.97 Å². The third-order valence-electron chi connectivity index (χ3n) is 5.82. The van der Waals surface area contributed by atoms with Crippen LogP contribution in [0.4, 0.5) is 0 Å². The summed E-state index contributed by atoms with van der Waals surface area (Å²) in [5.74, 6) is -0.0547. The molecule has 32 heavy (non-hydrogen) atoms. The summed E-state index contributed by atoms with van der Waals surface area (Å²) >= 11 is 0. The van der Waals surface area contributed by atoms with Gasteiger partial charge in [-0.15, -0.1) is 0 Å². The van der Waals surface area contributed by atoms with Crippen molar-refractivity contribution >= 4 is 5.97 Å². The number of aliphatic hydroxyl groups is 1. The Bertz CT molecular complexity index is 958. The highest BCUT2D eigenvalue weighted by Crippen LogP contribution is 2.31. The monoisotopic (exact) mass is 437 g/mol. The Balaban J connectivity index is 1.47. The lowest BCUT2D eigenvalue weighted by Gasteiger charge is -2.30. The molecule has 1 aromatic carbocycles. The molecule has 1 aliphatic rings. The zero-order valence-corrected chi connectivity index (χ0v) is 18.7. The number of nitriles is 1. The summed E-state index contributed by atoms with van der Waals surface area (Å²) in [6.45, 7) is 4.66. The number of aromatic nitrogens is 1. The van der Waals surface area contributed by atoms with Crippen LogP contribution in [-0.4, -0.2) is 46.0 Å². The molecule has 7 nitrogen and oxygen atoms in total. The van der Waals surface area contributed by atoms with Gasteiger partial charge in [0.1, 0.15) is 18.8 Å². The fourth-order valence-corrected chi connectivity index (χ4v) is 4.29. The van der Waals surface area contributed by atoms with Crippen molar-refractivity contribution in [3.8, 4) is 11.8 Å². The quantitative estimate of drug-likeness (QED) is 0.495. The number of rotatable bonds is 11. The highest BCUT2D eigenvalue weighted by Gasteiger charge is 2.28. The van der Waals surface area contributed by atoms with E-state index in [1.807, 2.05) is 6.07 Å². The first kappa shape index (κ1) is 23.7. The van der Waals surface area contributed by atoms with Crippen LogP contribution in [0.2, 0.25) is 0 Å². The van der Waals surface area contributed by atoms with Gasteiger partial charge in [-0.05, 0) is 68.2 Å². The first-order chi connectivity index (χ1) is 15.3. The molecular weight excluding hydrogens is 406 g/mol. The molecule has 0 bridgehead atoms. The van der Waals surface area contributed by atoms with E-state index in [1.165, 1.54) is 17.3 Å². The van der Waals surface area contributed by atoms with Gasteiger partial charge in [-0.1, -0.05) is 24.3 Å². The number of pyridine rings is 1. The number of aryl methyl sites for hydroxylation is 1. The van der Waals surface area contributed by atoms with Crippen LogP contribution >= 0.6 is 0 Å². The van der Waals surface area contributed by atoms with Gasteiger partial charge in [0, 0.05) is 24.7 Å². The Morgan fingerprint density at radius 1 is 1.34 bits per heavy atom. The molecule has 0 saturated carbocycles. The van der Waals surface area contributed by atoms with Crippen LogP contribution in [-0.2, 0) is 24.1 Å². The van der Waals surface area contributed by atoms with Crippen molar-refractivity contribution in [2.45, 2.75) is 57.6 Å². The van der Waals surface area contributed by atoms with Crippen molar-refractivity contribution in [3.05, 3.63) is 58.9 Å². The number of nitrogens with one attached hydrogen (secondary N) is 1. The summed E-state index contributed by atoms with van der Waals surface area (Å²) in [6.07, 6.45) is 4.18. The molecule has 0 saturated heterocycles. The highest BCUT2D eigenvalue weighted by molar-refractivity contribution is 5.67. The Morgan fingerprint density at radius 3 is 2.66 bits per heavy atom. The van der Waals surface area contributed by atoms with Crippen molar-refractivity contribution in [2.75, 3.05) is 13.2 Å². The smallest absolute Gasteiger partial charge is 0.303 e. The number of carboxylic acids is 1. The lowest BCUT2D eigenvalue weighted by atomic mass is 9.88. The molecule has 0 unspecified atom stereocenters. The van der Waals surface area contributed by atoms with Gasteiger partial charge in [0.2, 0.25) is 0 Å². The number of β-amino-alcohol motifs (C(OH)–C–C–N with tert-alkyl or cyclic N) is 1. The second-order valence-electron chi connectivity index (χ2n) is 9.17. The fraction of sp³-hybridized carbons (Fsp3) is 0.480. The number of benzene rings is 1. The molecule has 7 heteroatoms. The molecule has 0 aliphatic heterocycles. The lowest BCUT2D eigenvalue weighted by Crippen LogP contribution is -2.46. The molecule has 1 heterocycles. The number of hydrogen-bond donors (Lipinski definition) is 3. The fourth-order valence-electron chi connectivity index (χ4n) is 4.29. The minimum absolute atomic E-state index is 0.0106. The molecular formula is C25H31N3O4. The van der Waals surface area contributed by atoms with Crippen molar-refractivity contribution in [2.24, 2.45) is 5.92 Å². The van der Waals surface area contributed by atoms with Gasteiger partial charge in [-0.3, -0.25) is 4.79 Å². The maximum atomic E-state index is 10.8. The van der Waals surface area contributed by atoms with Gasteiger partial charge in [-0.2, -0.15) is 5.26 Å². The molecule has 1 aliphatic carbocycles. The second kappa shape index (κ2) is 10.6. The van der Waals surface area contributed by atoms with Crippen molar-refractivity contribution in [1.29, 1.82) is 5.26 Å². The SMILES string of the molecule is CC(C)(CC1Cc2ccccc2C1)NC[C@H](O)COc1cc(CCC(=O)O)cnc1C#N. The summed E-state index contributed by atoms with van der Waals surface area (Å²) in [4.78, 5) is 14.8. The van der Waals surface area contributed by atoms with Crippen LogP contribution in [0.15, 0.2) is 36.5 Å². The predicted molar refractivity (Wildman–Crippen MR) is 120 cm³/mol. The third-order valence-corrected chi connectivity index (χ3v) is 5.82. The Hall–Kier alpha value is -2.95. The minimum Gasteiger partial charge on any atom is -0.488 e. The Morgan fingerprint density at radius 2 is 2.03 bits per heavy atom. The van der Waals surface area contributed by atoms with E-state index in [4.69, 9.17) is 9.84 Å². The molecule has 0 radical (unpaired) electrons. The number of fused-ring (bicyclic) bond motifs is 1. The van der Waals surface area contributed by atoms with E-state index in [0.717, 1.165) is 19.3 Å². The third kappa shape index (κ3) is 6.78. The molecule has 0 amide bonds. The predicted octanol–water partition coefficient (Wildman–Crippen LogP) is 2.88. The first-order valence-electron chi connectivity index (χ1n) is 11.0. The maximum Gasteiger partial charge on any atom is 0.303 e. The van der Waals surface area contributed by atoms with Crippen LogP contribution in [0, 0.1) is 17.2 Å². The second-order valence-corrected chi connectivity index (χ2v) is 9.17. The van der Waals surface area contributed by atoms with Crippen LogP contribution in [0.5, 0.6) is 5.75 Å². The number of aliphatic carboxylic acids is 1.